The fourth-order valence-corrected chi connectivity index (χ4v) is 6.54. The summed E-state index contributed by atoms with van der Waals surface area (Å²) in [5.74, 6) is -0.0949. The monoisotopic (exact) mass is 854 g/mol. The zero-order valence-corrected chi connectivity index (χ0v) is 37.1. The number of benzene rings is 5. The average Bonchev–Trinajstić information content (AvgIpc) is 3.25. The molecular weight excluding hydrogens is 805 g/mol. The van der Waals surface area contributed by atoms with Gasteiger partial charge in [-0.3, -0.25) is 0 Å². The molecule has 314 valence electrons. The Hall–Kier alpha value is -6.36. The van der Waals surface area contributed by atoms with Gasteiger partial charge >= 0.3 is 23.9 Å². The van der Waals surface area contributed by atoms with Gasteiger partial charge in [-0.15, -0.1) is 23.5 Å². The molecule has 0 N–H and O–H groups in total. The van der Waals surface area contributed by atoms with Gasteiger partial charge in [-0.2, -0.15) is 0 Å². The van der Waals surface area contributed by atoms with Gasteiger partial charge in [0.15, 0.2) is 0 Å². The van der Waals surface area contributed by atoms with E-state index in [1.165, 1.54) is 29.1 Å². The highest BCUT2D eigenvalue weighted by molar-refractivity contribution is 7.99. The van der Waals surface area contributed by atoms with Gasteiger partial charge in [-0.1, -0.05) is 99.1 Å². The number of thioether (sulfide) groups is 2. The van der Waals surface area contributed by atoms with E-state index in [1.807, 2.05) is 79.2 Å². The highest BCUT2D eigenvalue weighted by Gasteiger charge is 2.14. The van der Waals surface area contributed by atoms with Crippen LogP contribution in [0.15, 0.2) is 168 Å². The molecule has 0 saturated heterocycles. The number of hydrogen-bond donors (Lipinski definition) is 0. The lowest BCUT2D eigenvalue weighted by Gasteiger charge is -2.11. The van der Waals surface area contributed by atoms with Crippen LogP contribution in [0.5, 0.6) is 17.2 Å². The van der Waals surface area contributed by atoms with Crippen LogP contribution in [0, 0.1) is 0 Å². The molecule has 5 rings (SSSR count). The highest BCUT2D eigenvalue weighted by Crippen LogP contribution is 2.35. The number of ether oxygens (including phenoxy) is 4. The molecule has 0 aliphatic rings. The molecule has 10 heteroatoms. The Kier molecular flexibility index (Phi) is 17.7. The van der Waals surface area contributed by atoms with Gasteiger partial charge in [0.05, 0.1) is 16.4 Å². The predicted molar refractivity (Wildman–Crippen MR) is 248 cm³/mol. The predicted octanol–water partition coefficient (Wildman–Crippen LogP) is 12.3. The quantitative estimate of drug-likeness (QED) is 0.0313. The highest BCUT2D eigenvalue weighted by atomic mass is 32.2. The minimum Gasteiger partial charge on any atom is -0.462 e. The maximum Gasteiger partial charge on any atom is 0.338 e. The van der Waals surface area contributed by atoms with Crippen molar-refractivity contribution in [3.8, 4) is 50.6 Å². The molecule has 0 heterocycles. The van der Waals surface area contributed by atoms with Crippen LogP contribution < -0.4 is 14.2 Å². The SMILES string of the molecule is C=C(C)C(=O)OCCCc1ccc(-c2ccc(OC(=O)C(=C)C)c(SC)c2)cc1.C=C(C)C(=O)Oc1ccc(-c2ccc(-c3ccc(OC(=O)C(=C)C)c(SC)c3)cc2)cc1. The Morgan fingerprint density at radius 3 is 1.20 bits per heavy atom. The summed E-state index contributed by atoms with van der Waals surface area (Å²) < 4.78 is 21.2. The van der Waals surface area contributed by atoms with Crippen molar-refractivity contribution in [1.29, 1.82) is 0 Å². The molecule has 0 atom stereocenters. The fraction of sp³-hybridized carbons (Fsp3) is 0.176. The number of hydrogen-bond acceptors (Lipinski definition) is 10. The molecule has 0 saturated carbocycles. The van der Waals surface area contributed by atoms with E-state index in [2.05, 4.69) is 50.6 Å². The van der Waals surface area contributed by atoms with E-state index in [9.17, 15) is 19.2 Å². The van der Waals surface area contributed by atoms with Gasteiger partial charge in [-0.25, -0.2) is 19.2 Å². The topological polar surface area (TPSA) is 105 Å². The molecule has 0 amide bonds. The van der Waals surface area contributed by atoms with Gasteiger partial charge in [0.1, 0.15) is 17.2 Å². The summed E-state index contributed by atoms with van der Waals surface area (Å²) in [6.45, 7) is 21.3. The summed E-state index contributed by atoms with van der Waals surface area (Å²) >= 11 is 3.04. The first kappa shape index (κ1) is 47.3. The Morgan fingerprint density at radius 1 is 0.459 bits per heavy atom. The normalized spacial score (nSPS) is 10.3. The second kappa shape index (κ2) is 22.9. The molecule has 8 nitrogen and oxygen atoms in total. The third-order valence-corrected chi connectivity index (χ3v) is 10.4. The van der Waals surface area contributed by atoms with Crippen LogP contribution in [-0.4, -0.2) is 43.0 Å². The molecule has 0 bridgehead atoms. The standard InChI is InChI=1S/C27H24O4S.C24H26O4S/c1-17(2)26(28)30-23-13-10-20(11-14-23)19-6-8-21(9-7-19)22-12-15-24(25(16-22)32-5)31-27(29)18(3)4;1-16(2)23(25)27-14-6-7-18-8-10-19(11-9-18)20-12-13-21(22(15-20)29-5)28-24(26)17(3)4/h6-16H,1,3H2,2,4-5H3;8-13,15H,1,3,6-7,14H2,2,4-5H3. The van der Waals surface area contributed by atoms with E-state index in [0.29, 0.717) is 46.1 Å². The number of esters is 4. The van der Waals surface area contributed by atoms with Crippen molar-refractivity contribution >= 4 is 47.4 Å². The molecule has 0 aliphatic carbocycles. The maximum atomic E-state index is 11.9. The van der Waals surface area contributed by atoms with Gasteiger partial charge in [-0.05, 0) is 128 Å². The molecule has 5 aromatic carbocycles. The van der Waals surface area contributed by atoms with E-state index >= 15 is 0 Å². The van der Waals surface area contributed by atoms with Crippen molar-refractivity contribution in [3.05, 3.63) is 163 Å². The van der Waals surface area contributed by atoms with Crippen LogP contribution in [0.4, 0.5) is 0 Å². The van der Waals surface area contributed by atoms with Gasteiger partial charge in [0.25, 0.3) is 0 Å². The molecule has 5 aromatic rings. The number of aryl methyl sites for hydroxylation is 1. The van der Waals surface area contributed by atoms with Gasteiger partial charge in [0, 0.05) is 22.3 Å². The Morgan fingerprint density at radius 2 is 0.803 bits per heavy atom. The van der Waals surface area contributed by atoms with Crippen LogP contribution in [0.3, 0.4) is 0 Å². The first-order valence-electron chi connectivity index (χ1n) is 19.2. The molecule has 0 aromatic heterocycles. The summed E-state index contributed by atoms with van der Waals surface area (Å²) in [6, 6.07) is 35.3. The molecule has 0 spiro atoms. The van der Waals surface area contributed by atoms with Crippen molar-refractivity contribution in [2.75, 3.05) is 19.1 Å². The van der Waals surface area contributed by atoms with Gasteiger partial charge in [0.2, 0.25) is 0 Å². The summed E-state index contributed by atoms with van der Waals surface area (Å²) in [6.07, 6.45) is 5.48. The minimum atomic E-state index is -0.438. The van der Waals surface area contributed by atoms with E-state index in [1.54, 1.807) is 45.9 Å². The number of rotatable bonds is 16. The largest absolute Gasteiger partial charge is 0.462 e. The van der Waals surface area contributed by atoms with Crippen LogP contribution in [0.25, 0.3) is 33.4 Å². The molecule has 0 aliphatic heterocycles. The third kappa shape index (κ3) is 14.1. The van der Waals surface area contributed by atoms with Crippen LogP contribution in [0.1, 0.15) is 39.7 Å². The summed E-state index contributed by atoms with van der Waals surface area (Å²) in [5.41, 5.74) is 8.94. The zero-order chi connectivity index (χ0) is 44.6. The molecule has 0 fully saturated rings. The van der Waals surface area contributed by atoms with E-state index in [-0.39, 0.29) is 5.97 Å². The lowest BCUT2D eigenvalue weighted by Crippen LogP contribution is -2.08. The second-order valence-electron chi connectivity index (χ2n) is 14.1. The van der Waals surface area contributed by atoms with Crippen molar-refractivity contribution in [1.82, 2.24) is 0 Å². The third-order valence-electron chi connectivity index (χ3n) is 8.87. The lowest BCUT2D eigenvalue weighted by atomic mass is 10.0. The summed E-state index contributed by atoms with van der Waals surface area (Å²) in [4.78, 5) is 48.4. The smallest absolute Gasteiger partial charge is 0.338 e. The summed E-state index contributed by atoms with van der Waals surface area (Å²) in [5, 5.41) is 0. The van der Waals surface area contributed by atoms with E-state index < -0.39 is 17.9 Å². The number of carbonyl (C=O) groups excluding carboxylic acids is 4. The molecule has 0 unspecified atom stereocenters. The molecule has 61 heavy (non-hydrogen) atoms. The first-order chi connectivity index (χ1) is 29.1. The average molecular weight is 855 g/mol. The zero-order valence-electron chi connectivity index (χ0n) is 35.4. The molecule has 0 radical (unpaired) electrons. The lowest BCUT2D eigenvalue weighted by molar-refractivity contribution is -0.139. The van der Waals surface area contributed by atoms with Crippen molar-refractivity contribution in [2.24, 2.45) is 0 Å². The maximum absolute atomic E-state index is 11.9. The Labute approximate surface area is 367 Å². The van der Waals surface area contributed by atoms with Gasteiger partial charge < -0.3 is 18.9 Å². The first-order valence-corrected chi connectivity index (χ1v) is 21.7. The van der Waals surface area contributed by atoms with Crippen molar-refractivity contribution in [3.63, 3.8) is 0 Å². The van der Waals surface area contributed by atoms with Crippen LogP contribution in [-0.2, 0) is 30.3 Å². The second-order valence-corrected chi connectivity index (χ2v) is 15.8. The van der Waals surface area contributed by atoms with E-state index in [0.717, 1.165) is 56.0 Å². The fourth-order valence-electron chi connectivity index (χ4n) is 5.43. The molecular formula is C51H50O8S2. The van der Waals surface area contributed by atoms with Crippen LogP contribution >= 0.6 is 23.5 Å². The minimum absolute atomic E-state index is 0.345. The number of carbonyl (C=O) groups is 4. The summed E-state index contributed by atoms with van der Waals surface area (Å²) in [7, 11) is 0. The Balaban J connectivity index is 0.000000270. The van der Waals surface area contributed by atoms with Crippen molar-refractivity contribution in [2.45, 2.75) is 50.3 Å². The van der Waals surface area contributed by atoms with E-state index in [4.69, 9.17) is 18.9 Å². The Bertz CT molecular complexity index is 2430. The van der Waals surface area contributed by atoms with Crippen molar-refractivity contribution < 1.29 is 38.1 Å². The van der Waals surface area contributed by atoms with Crippen LogP contribution in [0.2, 0.25) is 0 Å².